The Labute approximate surface area is 99.3 Å². The average Bonchev–Trinajstić information content (AvgIpc) is 2.35. The molecule has 0 aromatic heterocycles. The first-order chi connectivity index (χ1) is 7.88. The first-order valence-electron chi connectivity index (χ1n) is 4.59. The Kier molecular flexibility index (Phi) is 2.82. The van der Waals surface area contributed by atoms with Crippen LogP contribution < -0.4 is 5.32 Å². The lowest BCUT2D eigenvalue weighted by Crippen LogP contribution is -2.24. The number of nitrogens with zero attached hydrogens (tertiary/aromatic N) is 1. The molecule has 1 aliphatic rings. The number of benzodiazepines with no additional fused rings is 1. The summed E-state index contributed by atoms with van der Waals surface area (Å²) in [4.78, 5) is 14.5. The summed E-state index contributed by atoms with van der Waals surface area (Å²) in [7, 11) is 0. The van der Waals surface area contributed by atoms with Gasteiger partial charge in [0.15, 0.2) is 0 Å². The Hall–Kier alpha value is -1.56. The lowest BCUT2D eigenvalue weighted by Gasteiger charge is -2.12. The van der Waals surface area contributed by atoms with Gasteiger partial charge in [0.2, 0.25) is 5.91 Å². The van der Waals surface area contributed by atoms with E-state index >= 15 is 0 Å². The van der Waals surface area contributed by atoms with Crippen LogP contribution in [0.4, 0.5) is 18.9 Å². The van der Waals surface area contributed by atoms with Crippen molar-refractivity contribution in [2.45, 2.75) is 6.18 Å². The summed E-state index contributed by atoms with van der Waals surface area (Å²) in [5, 5.41) is 2.49. The minimum Gasteiger partial charge on any atom is -0.324 e. The number of hydrogen-bond donors (Lipinski definition) is 1. The molecule has 1 aliphatic heterocycles. The molecule has 3 nitrogen and oxygen atoms in total. The fourth-order valence-electron chi connectivity index (χ4n) is 1.49. The summed E-state index contributed by atoms with van der Waals surface area (Å²) >= 11 is 5.65. The number of amides is 1. The van der Waals surface area contributed by atoms with Crippen molar-refractivity contribution in [3.8, 4) is 0 Å². The van der Waals surface area contributed by atoms with Crippen molar-refractivity contribution in [2.24, 2.45) is 4.99 Å². The zero-order valence-corrected chi connectivity index (χ0v) is 9.06. The maximum atomic E-state index is 12.7. The molecule has 0 bridgehead atoms. The zero-order valence-electron chi connectivity index (χ0n) is 8.31. The third-order valence-corrected chi connectivity index (χ3v) is 2.40. The zero-order chi connectivity index (χ0) is 12.6. The van der Waals surface area contributed by atoms with E-state index in [1.165, 1.54) is 12.1 Å². The van der Waals surface area contributed by atoms with Gasteiger partial charge in [-0.3, -0.25) is 9.79 Å². The van der Waals surface area contributed by atoms with Gasteiger partial charge in [-0.1, -0.05) is 11.6 Å². The largest absolute Gasteiger partial charge is 0.433 e. The summed E-state index contributed by atoms with van der Waals surface area (Å²) in [5.41, 5.74) is -1.24. The van der Waals surface area contributed by atoms with Crippen LogP contribution >= 0.6 is 11.6 Å². The van der Waals surface area contributed by atoms with Crippen molar-refractivity contribution in [1.29, 1.82) is 0 Å². The molecule has 0 saturated heterocycles. The summed E-state index contributed by atoms with van der Waals surface area (Å²) < 4.78 is 38.2. The molecule has 90 valence electrons. The number of rotatable bonds is 0. The number of alkyl halides is 3. The van der Waals surface area contributed by atoms with Crippen molar-refractivity contribution >= 4 is 28.9 Å². The average molecular weight is 263 g/mol. The molecule has 0 fully saturated rings. The molecule has 1 aromatic carbocycles. The molecule has 0 spiro atoms. The van der Waals surface area contributed by atoms with Crippen LogP contribution in [0.15, 0.2) is 23.2 Å². The van der Waals surface area contributed by atoms with E-state index in [1.807, 2.05) is 0 Å². The van der Waals surface area contributed by atoms with Crippen molar-refractivity contribution in [3.63, 3.8) is 0 Å². The van der Waals surface area contributed by atoms with Crippen molar-refractivity contribution < 1.29 is 18.0 Å². The molecular formula is C10H6ClF3N2O. The van der Waals surface area contributed by atoms with Gasteiger partial charge >= 0.3 is 6.18 Å². The number of halogens is 4. The minimum absolute atomic E-state index is 0.0629. The van der Waals surface area contributed by atoms with Crippen LogP contribution in [0.3, 0.4) is 0 Å². The van der Waals surface area contributed by atoms with Gasteiger partial charge in [-0.15, -0.1) is 0 Å². The first kappa shape index (κ1) is 11.9. The lowest BCUT2D eigenvalue weighted by molar-refractivity contribution is -0.114. The minimum atomic E-state index is -4.62. The SMILES string of the molecule is O=C1CN=C(C(F)(F)F)c2cc(Cl)ccc2N1. The molecule has 1 N–H and O–H groups in total. The Morgan fingerprint density at radius 3 is 2.71 bits per heavy atom. The fraction of sp³-hybridized carbons (Fsp3) is 0.200. The highest BCUT2D eigenvalue weighted by molar-refractivity contribution is 6.31. The van der Waals surface area contributed by atoms with Gasteiger partial charge < -0.3 is 5.32 Å². The van der Waals surface area contributed by atoms with E-state index in [0.717, 1.165) is 6.07 Å². The van der Waals surface area contributed by atoms with Crippen molar-refractivity contribution in [3.05, 3.63) is 28.8 Å². The van der Waals surface area contributed by atoms with Crippen LogP contribution in [-0.4, -0.2) is 24.3 Å². The smallest absolute Gasteiger partial charge is 0.324 e. The molecule has 2 rings (SSSR count). The molecule has 0 aliphatic carbocycles. The van der Waals surface area contributed by atoms with Gasteiger partial charge in [0.05, 0.1) is 5.69 Å². The highest BCUT2D eigenvalue weighted by atomic mass is 35.5. The van der Waals surface area contributed by atoms with Crippen LogP contribution in [0, 0.1) is 0 Å². The van der Waals surface area contributed by atoms with Gasteiger partial charge in [0.25, 0.3) is 0 Å². The molecule has 1 heterocycles. The second-order valence-electron chi connectivity index (χ2n) is 3.40. The van der Waals surface area contributed by atoms with Gasteiger partial charge in [0.1, 0.15) is 12.3 Å². The first-order valence-corrected chi connectivity index (χ1v) is 4.97. The highest BCUT2D eigenvalue weighted by Gasteiger charge is 2.39. The van der Waals surface area contributed by atoms with E-state index in [9.17, 15) is 18.0 Å². The molecule has 0 atom stereocenters. The van der Waals surface area contributed by atoms with E-state index in [1.54, 1.807) is 0 Å². The maximum Gasteiger partial charge on any atom is 0.433 e. The number of benzene rings is 1. The normalized spacial score (nSPS) is 15.8. The Morgan fingerprint density at radius 2 is 2.06 bits per heavy atom. The third kappa shape index (κ3) is 2.41. The predicted octanol–water partition coefficient (Wildman–Crippen LogP) is 2.64. The highest BCUT2D eigenvalue weighted by Crippen LogP contribution is 2.30. The molecule has 1 amide bonds. The number of carbonyl (C=O) groups is 1. The Balaban J connectivity index is 2.62. The van der Waals surface area contributed by atoms with E-state index < -0.39 is 24.3 Å². The van der Waals surface area contributed by atoms with Gasteiger partial charge in [-0.25, -0.2) is 0 Å². The van der Waals surface area contributed by atoms with Gasteiger partial charge in [-0.05, 0) is 18.2 Å². The molecular weight excluding hydrogens is 257 g/mol. The van der Waals surface area contributed by atoms with E-state index in [-0.39, 0.29) is 16.3 Å². The topological polar surface area (TPSA) is 41.5 Å². The second kappa shape index (κ2) is 4.03. The summed E-state index contributed by atoms with van der Waals surface area (Å²) in [6, 6.07) is 3.86. The fourth-order valence-corrected chi connectivity index (χ4v) is 1.66. The van der Waals surface area contributed by atoms with Crippen LogP contribution in [0.25, 0.3) is 0 Å². The second-order valence-corrected chi connectivity index (χ2v) is 3.84. The summed E-state index contributed by atoms with van der Waals surface area (Å²) in [5.74, 6) is -0.590. The van der Waals surface area contributed by atoms with Gasteiger partial charge in [0, 0.05) is 10.6 Å². The quantitative estimate of drug-likeness (QED) is 0.767. The number of aliphatic imine (C=N–C) groups is 1. The molecule has 0 unspecified atom stereocenters. The monoisotopic (exact) mass is 262 g/mol. The number of fused-ring (bicyclic) bond motifs is 1. The van der Waals surface area contributed by atoms with Crippen LogP contribution in [-0.2, 0) is 4.79 Å². The maximum absolute atomic E-state index is 12.7. The van der Waals surface area contributed by atoms with E-state index in [0.29, 0.717) is 0 Å². The van der Waals surface area contributed by atoms with E-state index in [4.69, 9.17) is 11.6 Å². The van der Waals surface area contributed by atoms with Crippen molar-refractivity contribution in [1.82, 2.24) is 0 Å². The molecule has 0 saturated carbocycles. The Morgan fingerprint density at radius 1 is 1.35 bits per heavy atom. The molecule has 7 heteroatoms. The number of hydrogen-bond acceptors (Lipinski definition) is 2. The van der Waals surface area contributed by atoms with Crippen molar-refractivity contribution in [2.75, 3.05) is 11.9 Å². The summed E-state index contributed by atoms with van der Waals surface area (Å²) in [6.45, 7) is -0.554. The Bertz CT molecular complexity index is 511. The van der Waals surface area contributed by atoms with Crippen LogP contribution in [0.5, 0.6) is 0 Å². The van der Waals surface area contributed by atoms with Gasteiger partial charge in [-0.2, -0.15) is 13.2 Å². The standard InChI is InChI=1S/C10H6ClF3N2O/c11-5-1-2-7-6(3-5)9(10(12,13)14)15-4-8(17)16-7/h1-3H,4H2,(H,16,17). The van der Waals surface area contributed by atoms with Crippen LogP contribution in [0.2, 0.25) is 5.02 Å². The van der Waals surface area contributed by atoms with Crippen LogP contribution in [0.1, 0.15) is 5.56 Å². The predicted molar refractivity (Wildman–Crippen MR) is 57.5 cm³/mol. The van der Waals surface area contributed by atoms with E-state index in [2.05, 4.69) is 10.3 Å². The number of nitrogens with one attached hydrogen (secondary N) is 1. The molecule has 17 heavy (non-hydrogen) atoms. The number of carbonyl (C=O) groups excluding carboxylic acids is 1. The summed E-state index contributed by atoms with van der Waals surface area (Å²) in [6.07, 6.45) is -4.62. The molecule has 1 aromatic rings. The lowest BCUT2D eigenvalue weighted by atomic mass is 10.1. The number of anilines is 1. The molecule has 0 radical (unpaired) electrons. The third-order valence-electron chi connectivity index (χ3n) is 2.16.